The van der Waals surface area contributed by atoms with Crippen molar-refractivity contribution in [2.45, 2.75) is 25.5 Å². The van der Waals surface area contributed by atoms with Crippen LogP contribution in [-0.4, -0.2) is 55.7 Å². The average Bonchev–Trinajstić information content (AvgIpc) is 3.60. The minimum absolute atomic E-state index is 0.0911. The van der Waals surface area contributed by atoms with E-state index in [1.165, 1.54) is 11.7 Å². The number of aliphatic hydroxyl groups excluding tert-OH is 1. The van der Waals surface area contributed by atoms with Crippen molar-refractivity contribution in [3.05, 3.63) is 76.8 Å². The molecule has 0 fully saturated rings. The number of halogens is 1. The minimum Gasteiger partial charge on any atom is -0.508 e. The van der Waals surface area contributed by atoms with Gasteiger partial charge < -0.3 is 31.3 Å². The van der Waals surface area contributed by atoms with E-state index < -0.39 is 6.10 Å². The molecule has 194 valence electrons. The maximum absolute atomic E-state index is 10.2. The summed E-state index contributed by atoms with van der Waals surface area (Å²) in [6, 6.07) is 17.3. The van der Waals surface area contributed by atoms with E-state index in [-0.39, 0.29) is 17.5 Å². The Labute approximate surface area is 224 Å². The van der Waals surface area contributed by atoms with Crippen LogP contribution in [0.25, 0.3) is 11.0 Å². The highest BCUT2D eigenvalue weighted by atomic mass is 35.5. The second-order valence-electron chi connectivity index (χ2n) is 8.53. The van der Waals surface area contributed by atoms with E-state index in [2.05, 4.69) is 29.7 Å². The first-order valence-electron chi connectivity index (χ1n) is 11.8. The number of nitrogens with zero attached hydrogens (tertiary/aromatic N) is 3. The number of aromatic hydroxyl groups is 2. The van der Waals surface area contributed by atoms with Gasteiger partial charge in [0, 0.05) is 12.6 Å². The summed E-state index contributed by atoms with van der Waals surface area (Å²) >= 11 is 7.30. The maximum Gasteiger partial charge on any atom is 0.196 e. The van der Waals surface area contributed by atoms with Crippen molar-refractivity contribution in [1.29, 1.82) is 0 Å². The zero-order chi connectivity index (χ0) is 26.2. The highest BCUT2D eigenvalue weighted by Crippen LogP contribution is 2.29. The van der Waals surface area contributed by atoms with Gasteiger partial charge in [-0.1, -0.05) is 35.9 Å². The van der Waals surface area contributed by atoms with E-state index in [1.54, 1.807) is 36.4 Å². The van der Waals surface area contributed by atoms with Gasteiger partial charge in [0.2, 0.25) is 0 Å². The number of anilines is 1. The van der Waals surface area contributed by atoms with Gasteiger partial charge in [0.1, 0.15) is 22.5 Å². The number of aliphatic imine (C=N–C) groups is 1. The molecule has 0 radical (unpaired) electrons. The van der Waals surface area contributed by atoms with Gasteiger partial charge in [-0.2, -0.15) is 8.75 Å². The Bertz CT molecular complexity index is 1330. The van der Waals surface area contributed by atoms with Crippen LogP contribution in [0.3, 0.4) is 0 Å². The topological polar surface area (TPSA) is 135 Å². The first-order chi connectivity index (χ1) is 17.9. The predicted octanol–water partition coefficient (Wildman–Crippen LogP) is 4.07. The van der Waals surface area contributed by atoms with Crippen molar-refractivity contribution >= 4 is 46.0 Å². The van der Waals surface area contributed by atoms with Gasteiger partial charge in [-0.05, 0) is 67.4 Å². The lowest BCUT2D eigenvalue weighted by atomic mass is 10.0. The number of aliphatic hydroxyl groups is 1. The van der Waals surface area contributed by atoms with Crippen LogP contribution in [0.1, 0.15) is 24.2 Å². The van der Waals surface area contributed by atoms with Crippen molar-refractivity contribution < 1.29 is 15.3 Å². The number of aromatic nitrogens is 2. The average molecular weight is 541 g/mol. The Morgan fingerprint density at radius 3 is 2.38 bits per heavy atom. The largest absolute Gasteiger partial charge is 0.508 e. The van der Waals surface area contributed by atoms with Gasteiger partial charge >= 0.3 is 0 Å². The highest BCUT2D eigenvalue weighted by molar-refractivity contribution is 7.00. The standard InChI is InChI=1S/C17H21NO3.C9H8ClN5S/c1-12(17(21)14-4-8-16(20)9-5-14)18-11-10-13-2-6-15(19)7-3-13;10-5-1-2-6-8(15-16-14-6)7(5)13-9-11-3-4-12-9/h2-9,12,17-21H,10-11H2,1H3;1-2H,3-4H2,(H2,11,12,13)/t12-,17-;/m0./s1. The molecule has 4 aromatic rings. The normalized spacial score (nSPS) is 14.3. The van der Waals surface area contributed by atoms with E-state index in [1.807, 2.05) is 31.2 Å². The first-order valence-corrected chi connectivity index (χ1v) is 13.0. The molecule has 1 aliphatic rings. The summed E-state index contributed by atoms with van der Waals surface area (Å²) in [6.07, 6.45) is 0.206. The van der Waals surface area contributed by atoms with Crippen molar-refractivity contribution in [3.8, 4) is 11.5 Å². The fraction of sp³-hybridized carbons (Fsp3) is 0.269. The number of phenolic OH excluding ortho intramolecular Hbond substituents is 2. The molecule has 5 rings (SSSR count). The maximum atomic E-state index is 10.2. The molecule has 3 aromatic carbocycles. The molecule has 6 N–H and O–H groups in total. The van der Waals surface area contributed by atoms with E-state index in [0.29, 0.717) is 5.02 Å². The molecule has 37 heavy (non-hydrogen) atoms. The SMILES string of the molecule is C[C@H](NCCc1ccc(O)cc1)[C@H](O)c1ccc(O)cc1.Clc1ccc2nsnc2c1NC1=NCCN1. The molecule has 0 amide bonds. The van der Waals surface area contributed by atoms with Crippen LogP contribution in [0, 0.1) is 0 Å². The molecule has 11 heteroatoms. The third-order valence-corrected chi connectivity index (χ3v) is 6.68. The third kappa shape index (κ3) is 7.30. The van der Waals surface area contributed by atoms with E-state index in [4.69, 9.17) is 11.6 Å². The van der Waals surface area contributed by atoms with Crippen LogP contribution in [-0.2, 0) is 6.42 Å². The van der Waals surface area contributed by atoms with Gasteiger partial charge in [-0.15, -0.1) is 0 Å². The smallest absolute Gasteiger partial charge is 0.196 e. The molecule has 1 aliphatic heterocycles. The molecule has 0 saturated carbocycles. The number of benzene rings is 3. The molecule has 2 atom stereocenters. The quantitative estimate of drug-likeness (QED) is 0.206. The number of guanidine groups is 1. The minimum atomic E-state index is -0.620. The number of hydrogen-bond donors (Lipinski definition) is 6. The number of nitrogens with one attached hydrogen (secondary N) is 3. The Morgan fingerprint density at radius 2 is 1.70 bits per heavy atom. The second kappa shape index (κ2) is 12.7. The zero-order valence-corrected chi connectivity index (χ0v) is 21.8. The van der Waals surface area contributed by atoms with Crippen molar-refractivity contribution in [1.82, 2.24) is 19.4 Å². The molecule has 0 spiro atoms. The third-order valence-electron chi connectivity index (χ3n) is 5.82. The van der Waals surface area contributed by atoms with Crippen LogP contribution >= 0.6 is 23.3 Å². The van der Waals surface area contributed by atoms with Crippen LogP contribution < -0.4 is 16.0 Å². The summed E-state index contributed by atoms with van der Waals surface area (Å²) < 4.78 is 8.39. The number of fused-ring (bicyclic) bond motifs is 1. The summed E-state index contributed by atoms with van der Waals surface area (Å²) in [5.74, 6) is 1.20. The molecular weight excluding hydrogens is 512 g/mol. The number of rotatable bonds is 7. The Kier molecular flexibility index (Phi) is 9.13. The Hall–Kier alpha value is -3.44. The zero-order valence-electron chi connectivity index (χ0n) is 20.2. The molecule has 0 aliphatic carbocycles. The van der Waals surface area contributed by atoms with Crippen LogP contribution in [0.2, 0.25) is 5.02 Å². The van der Waals surface area contributed by atoms with Gasteiger partial charge in [-0.3, -0.25) is 4.99 Å². The van der Waals surface area contributed by atoms with E-state index in [0.717, 1.165) is 59.9 Å². The van der Waals surface area contributed by atoms with Crippen molar-refractivity contribution in [3.63, 3.8) is 0 Å². The second-order valence-corrected chi connectivity index (χ2v) is 9.47. The van der Waals surface area contributed by atoms with Gasteiger partial charge in [0.15, 0.2) is 5.96 Å². The molecule has 9 nitrogen and oxygen atoms in total. The fourth-order valence-corrected chi connectivity index (χ4v) is 4.47. The van der Waals surface area contributed by atoms with Gasteiger partial charge in [0.25, 0.3) is 0 Å². The monoisotopic (exact) mass is 540 g/mol. The summed E-state index contributed by atoms with van der Waals surface area (Å²) in [7, 11) is 0. The molecule has 0 unspecified atom stereocenters. The summed E-state index contributed by atoms with van der Waals surface area (Å²) in [5.41, 5.74) is 4.30. The number of hydrogen-bond acceptors (Lipinski definition) is 10. The lowest BCUT2D eigenvalue weighted by molar-refractivity contribution is 0.136. The molecule has 0 saturated heterocycles. The highest BCUT2D eigenvalue weighted by Gasteiger charge is 2.16. The molecule has 0 bridgehead atoms. The molecule has 1 aromatic heterocycles. The predicted molar refractivity (Wildman–Crippen MR) is 149 cm³/mol. The summed E-state index contributed by atoms with van der Waals surface area (Å²) in [5, 5.41) is 38.9. The summed E-state index contributed by atoms with van der Waals surface area (Å²) in [6.45, 7) is 4.30. The van der Waals surface area contributed by atoms with Crippen LogP contribution in [0.4, 0.5) is 5.69 Å². The van der Waals surface area contributed by atoms with Crippen LogP contribution in [0.15, 0.2) is 65.7 Å². The Balaban J connectivity index is 0.000000179. The van der Waals surface area contributed by atoms with Gasteiger partial charge in [0.05, 0.1) is 35.1 Å². The van der Waals surface area contributed by atoms with Crippen LogP contribution in [0.5, 0.6) is 11.5 Å². The lowest BCUT2D eigenvalue weighted by Crippen LogP contribution is -2.33. The molecular formula is C26H29ClN6O3S. The Morgan fingerprint density at radius 1 is 1.00 bits per heavy atom. The first kappa shape index (κ1) is 26.6. The summed E-state index contributed by atoms with van der Waals surface area (Å²) in [4.78, 5) is 4.25. The van der Waals surface area contributed by atoms with Crippen molar-refractivity contribution in [2.75, 3.05) is 25.0 Å². The number of phenols is 2. The van der Waals surface area contributed by atoms with E-state index in [9.17, 15) is 15.3 Å². The van der Waals surface area contributed by atoms with E-state index >= 15 is 0 Å². The van der Waals surface area contributed by atoms with Gasteiger partial charge in [-0.25, -0.2) is 0 Å². The molecule has 2 heterocycles. The fourth-order valence-electron chi connectivity index (χ4n) is 3.72. The lowest BCUT2D eigenvalue weighted by Gasteiger charge is -2.20. The van der Waals surface area contributed by atoms with Crippen molar-refractivity contribution in [2.24, 2.45) is 4.99 Å².